The van der Waals surface area contributed by atoms with E-state index in [-0.39, 0.29) is 17.7 Å². The summed E-state index contributed by atoms with van der Waals surface area (Å²) in [6, 6.07) is 8.97. The summed E-state index contributed by atoms with van der Waals surface area (Å²) < 4.78 is 0. The Morgan fingerprint density at radius 3 is 2.84 bits per heavy atom. The Kier molecular flexibility index (Phi) is 4.40. The third-order valence-electron chi connectivity index (χ3n) is 3.52. The van der Waals surface area contributed by atoms with Gasteiger partial charge in [-0.3, -0.25) is 4.79 Å². The summed E-state index contributed by atoms with van der Waals surface area (Å²) in [5.74, 6) is -0.731. The van der Waals surface area contributed by atoms with Crippen LogP contribution >= 0.6 is 0 Å². The number of nitriles is 1. The molecule has 0 spiro atoms. The minimum absolute atomic E-state index is 0.158. The van der Waals surface area contributed by atoms with Gasteiger partial charge >= 0.3 is 0 Å². The van der Waals surface area contributed by atoms with Crippen LogP contribution in [0.25, 0.3) is 0 Å². The lowest BCUT2D eigenvalue weighted by Crippen LogP contribution is -2.37. The standard InChI is InChI=1S/C15H18N2O2/c16-10-12(8-11-4-3-7-14(18)9-11)15(19)17-13-5-1-2-6-13/h3-4,7,9,12-13,18H,1-2,5-6,8H2,(H,17,19). The number of aromatic hydroxyl groups is 1. The second-order valence-corrected chi connectivity index (χ2v) is 5.05. The molecule has 1 unspecified atom stereocenters. The minimum Gasteiger partial charge on any atom is -0.508 e. The van der Waals surface area contributed by atoms with E-state index in [1.165, 1.54) is 0 Å². The maximum Gasteiger partial charge on any atom is 0.237 e. The smallest absolute Gasteiger partial charge is 0.237 e. The first-order valence-electron chi connectivity index (χ1n) is 6.67. The van der Waals surface area contributed by atoms with E-state index in [0.717, 1.165) is 31.2 Å². The van der Waals surface area contributed by atoms with Gasteiger partial charge in [0.2, 0.25) is 5.91 Å². The number of carbonyl (C=O) groups excluding carboxylic acids is 1. The summed E-state index contributed by atoms with van der Waals surface area (Å²) in [7, 11) is 0. The van der Waals surface area contributed by atoms with Crippen LogP contribution in [0.15, 0.2) is 24.3 Å². The zero-order valence-corrected chi connectivity index (χ0v) is 10.8. The molecule has 0 heterocycles. The number of nitrogens with zero attached hydrogens (tertiary/aromatic N) is 1. The molecule has 100 valence electrons. The number of benzene rings is 1. The highest BCUT2D eigenvalue weighted by Gasteiger charge is 2.23. The monoisotopic (exact) mass is 258 g/mol. The highest BCUT2D eigenvalue weighted by Crippen LogP contribution is 2.19. The SMILES string of the molecule is N#CC(Cc1cccc(O)c1)C(=O)NC1CCCC1. The van der Waals surface area contributed by atoms with Gasteiger partial charge in [-0.25, -0.2) is 0 Å². The van der Waals surface area contributed by atoms with E-state index in [9.17, 15) is 9.90 Å². The Labute approximate surface area is 113 Å². The van der Waals surface area contributed by atoms with E-state index >= 15 is 0 Å². The van der Waals surface area contributed by atoms with Gasteiger partial charge in [-0.2, -0.15) is 5.26 Å². The summed E-state index contributed by atoms with van der Waals surface area (Å²) in [6.45, 7) is 0. The molecule has 4 nitrogen and oxygen atoms in total. The van der Waals surface area contributed by atoms with Crippen LogP contribution in [0, 0.1) is 17.2 Å². The molecule has 0 aromatic heterocycles. The van der Waals surface area contributed by atoms with Crippen molar-refractivity contribution in [3.05, 3.63) is 29.8 Å². The number of hydrogen-bond donors (Lipinski definition) is 2. The maximum atomic E-state index is 12.0. The molecule has 19 heavy (non-hydrogen) atoms. The van der Waals surface area contributed by atoms with Crippen molar-refractivity contribution in [2.24, 2.45) is 5.92 Å². The van der Waals surface area contributed by atoms with E-state index in [1.54, 1.807) is 18.2 Å². The summed E-state index contributed by atoms with van der Waals surface area (Å²) >= 11 is 0. The molecule has 1 aromatic carbocycles. The van der Waals surface area contributed by atoms with Gasteiger partial charge in [0.05, 0.1) is 6.07 Å². The van der Waals surface area contributed by atoms with Crippen molar-refractivity contribution in [1.82, 2.24) is 5.32 Å². The first-order chi connectivity index (χ1) is 9.19. The largest absolute Gasteiger partial charge is 0.508 e. The zero-order chi connectivity index (χ0) is 13.7. The number of phenols is 1. The second-order valence-electron chi connectivity index (χ2n) is 5.05. The quantitative estimate of drug-likeness (QED) is 0.869. The Morgan fingerprint density at radius 2 is 2.21 bits per heavy atom. The van der Waals surface area contributed by atoms with E-state index < -0.39 is 5.92 Å². The van der Waals surface area contributed by atoms with Gasteiger partial charge in [-0.15, -0.1) is 0 Å². The average Bonchev–Trinajstić information content (AvgIpc) is 2.88. The van der Waals surface area contributed by atoms with Crippen LogP contribution in [-0.4, -0.2) is 17.1 Å². The summed E-state index contributed by atoms with van der Waals surface area (Å²) in [6.07, 6.45) is 4.65. The molecular formula is C15H18N2O2. The Hall–Kier alpha value is -2.02. The molecule has 1 amide bonds. The molecule has 0 saturated heterocycles. The lowest BCUT2D eigenvalue weighted by atomic mass is 9.99. The highest BCUT2D eigenvalue weighted by molar-refractivity contribution is 5.81. The van der Waals surface area contributed by atoms with Crippen molar-refractivity contribution >= 4 is 5.91 Å². The lowest BCUT2D eigenvalue weighted by Gasteiger charge is -2.15. The molecular weight excluding hydrogens is 240 g/mol. The third kappa shape index (κ3) is 3.72. The van der Waals surface area contributed by atoms with Gasteiger partial charge < -0.3 is 10.4 Å². The summed E-state index contributed by atoms with van der Waals surface area (Å²) in [4.78, 5) is 12.0. The molecule has 1 aliphatic carbocycles. The van der Waals surface area contributed by atoms with Crippen LogP contribution in [0.5, 0.6) is 5.75 Å². The molecule has 0 aliphatic heterocycles. The molecule has 0 radical (unpaired) electrons. The van der Waals surface area contributed by atoms with Crippen molar-refractivity contribution in [1.29, 1.82) is 5.26 Å². The van der Waals surface area contributed by atoms with E-state index in [4.69, 9.17) is 5.26 Å². The second kappa shape index (κ2) is 6.24. The molecule has 1 aliphatic rings. The number of phenolic OH excluding ortho intramolecular Hbond substituents is 1. The van der Waals surface area contributed by atoms with Crippen molar-refractivity contribution in [2.45, 2.75) is 38.1 Å². The third-order valence-corrected chi connectivity index (χ3v) is 3.52. The molecule has 2 rings (SSSR count). The van der Waals surface area contributed by atoms with Crippen LogP contribution in [0.2, 0.25) is 0 Å². The van der Waals surface area contributed by atoms with E-state index in [1.807, 2.05) is 6.07 Å². The lowest BCUT2D eigenvalue weighted by molar-refractivity contribution is -0.124. The van der Waals surface area contributed by atoms with Crippen LogP contribution in [0.3, 0.4) is 0 Å². The predicted molar refractivity (Wildman–Crippen MR) is 71.3 cm³/mol. The fourth-order valence-corrected chi connectivity index (χ4v) is 2.49. The highest BCUT2D eigenvalue weighted by atomic mass is 16.3. The van der Waals surface area contributed by atoms with Crippen molar-refractivity contribution in [2.75, 3.05) is 0 Å². The van der Waals surface area contributed by atoms with Crippen molar-refractivity contribution in [3.8, 4) is 11.8 Å². The predicted octanol–water partition coefficient (Wildman–Crippen LogP) is 2.13. The number of nitrogens with one attached hydrogen (secondary N) is 1. The van der Waals surface area contributed by atoms with E-state index in [2.05, 4.69) is 11.4 Å². The molecule has 0 bridgehead atoms. The summed E-state index contributed by atoms with van der Waals surface area (Å²) in [5.41, 5.74) is 0.799. The van der Waals surface area contributed by atoms with Gasteiger partial charge in [0.15, 0.2) is 0 Å². The van der Waals surface area contributed by atoms with Gasteiger partial charge in [-0.05, 0) is 37.0 Å². The Morgan fingerprint density at radius 1 is 1.47 bits per heavy atom. The van der Waals surface area contributed by atoms with Gasteiger partial charge in [-0.1, -0.05) is 25.0 Å². The number of amides is 1. The van der Waals surface area contributed by atoms with Crippen LogP contribution in [0.1, 0.15) is 31.2 Å². The number of carbonyl (C=O) groups is 1. The number of rotatable bonds is 4. The van der Waals surface area contributed by atoms with Crippen LogP contribution < -0.4 is 5.32 Å². The first-order valence-corrected chi connectivity index (χ1v) is 6.67. The van der Waals surface area contributed by atoms with Gasteiger partial charge in [0.1, 0.15) is 11.7 Å². The van der Waals surface area contributed by atoms with Crippen molar-refractivity contribution < 1.29 is 9.90 Å². The van der Waals surface area contributed by atoms with Crippen LogP contribution in [0.4, 0.5) is 0 Å². The fraction of sp³-hybridized carbons (Fsp3) is 0.467. The van der Waals surface area contributed by atoms with Gasteiger partial charge in [0.25, 0.3) is 0 Å². The maximum absolute atomic E-state index is 12.0. The topological polar surface area (TPSA) is 73.1 Å². The molecule has 1 atom stereocenters. The van der Waals surface area contributed by atoms with Crippen LogP contribution in [-0.2, 0) is 11.2 Å². The zero-order valence-electron chi connectivity index (χ0n) is 10.8. The Bertz CT molecular complexity index is 487. The summed E-state index contributed by atoms with van der Waals surface area (Å²) in [5, 5.41) is 21.5. The normalized spacial score (nSPS) is 16.8. The van der Waals surface area contributed by atoms with Gasteiger partial charge in [0, 0.05) is 6.04 Å². The molecule has 1 saturated carbocycles. The minimum atomic E-state index is -0.692. The average molecular weight is 258 g/mol. The van der Waals surface area contributed by atoms with Crippen molar-refractivity contribution in [3.63, 3.8) is 0 Å². The fourth-order valence-electron chi connectivity index (χ4n) is 2.49. The number of hydrogen-bond acceptors (Lipinski definition) is 3. The Balaban J connectivity index is 1.95. The molecule has 2 N–H and O–H groups in total. The molecule has 1 aromatic rings. The molecule has 4 heteroatoms. The first kappa shape index (κ1) is 13.4. The van der Waals surface area contributed by atoms with E-state index in [0.29, 0.717) is 6.42 Å². The molecule has 1 fully saturated rings.